The van der Waals surface area contributed by atoms with Crippen molar-refractivity contribution in [3.05, 3.63) is 47.8 Å². The standard InChI is InChI=1S/C14H6Cl6O4/c15-3-1-5(21)10(17)8(12(3)23)7(14(19)20)9-11(18)6(22)2-4(16)13(9)24/h1-2,21-24H. The molecule has 0 aliphatic carbocycles. The summed E-state index contributed by atoms with van der Waals surface area (Å²) in [5, 5.41) is 38.8. The smallest absolute Gasteiger partial charge is 0.143 e. The van der Waals surface area contributed by atoms with Crippen LogP contribution in [0.4, 0.5) is 0 Å². The fourth-order valence-electron chi connectivity index (χ4n) is 1.98. The van der Waals surface area contributed by atoms with E-state index in [0.717, 1.165) is 12.1 Å². The number of aromatic hydroxyl groups is 4. The van der Waals surface area contributed by atoms with Crippen LogP contribution >= 0.6 is 69.6 Å². The van der Waals surface area contributed by atoms with E-state index < -0.39 is 27.5 Å². The Labute approximate surface area is 166 Å². The molecule has 0 fully saturated rings. The molecule has 0 unspecified atom stereocenters. The number of phenolic OH excluding ortho intramolecular Hbond substituents is 4. The zero-order valence-corrected chi connectivity index (χ0v) is 15.7. The van der Waals surface area contributed by atoms with Crippen molar-refractivity contribution in [2.45, 2.75) is 0 Å². The van der Waals surface area contributed by atoms with Crippen molar-refractivity contribution in [1.82, 2.24) is 0 Å². The van der Waals surface area contributed by atoms with Crippen LogP contribution in [0.2, 0.25) is 20.1 Å². The first-order valence-corrected chi connectivity index (χ1v) is 8.20. The van der Waals surface area contributed by atoms with Gasteiger partial charge in [0.2, 0.25) is 0 Å². The molecule has 4 N–H and O–H groups in total. The van der Waals surface area contributed by atoms with Gasteiger partial charge in [0.05, 0.1) is 31.2 Å². The van der Waals surface area contributed by atoms with Gasteiger partial charge in [-0.2, -0.15) is 0 Å². The second-order valence-electron chi connectivity index (χ2n) is 4.47. The fraction of sp³-hybridized carbons (Fsp3) is 0. The van der Waals surface area contributed by atoms with E-state index >= 15 is 0 Å². The summed E-state index contributed by atoms with van der Waals surface area (Å²) in [6.45, 7) is 0. The molecule has 0 bridgehead atoms. The van der Waals surface area contributed by atoms with Gasteiger partial charge in [-0.15, -0.1) is 0 Å². The second kappa shape index (κ2) is 7.16. The van der Waals surface area contributed by atoms with Gasteiger partial charge in [0.1, 0.15) is 27.5 Å². The molecular weight excluding hydrogens is 445 g/mol. The van der Waals surface area contributed by atoms with Crippen molar-refractivity contribution in [2.75, 3.05) is 0 Å². The van der Waals surface area contributed by atoms with Gasteiger partial charge in [0.25, 0.3) is 0 Å². The molecule has 0 heterocycles. The maximum Gasteiger partial charge on any atom is 0.143 e. The summed E-state index contributed by atoms with van der Waals surface area (Å²) in [4.78, 5) is 0. The van der Waals surface area contributed by atoms with Crippen LogP contribution in [0.25, 0.3) is 5.57 Å². The van der Waals surface area contributed by atoms with Crippen LogP contribution in [0, 0.1) is 0 Å². The predicted octanol–water partition coefficient (Wildman–Crippen LogP) is 6.32. The molecule has 2 rings (SSSR count). The SMILES string of the molecule is Oc1cc(Cl)c(O)c(C(=C(Cl)Cl)c2c(O)c(Cl)cc(O)c2Cl)c1Cl. The van der Waals surface area contributed by atoms with Crippen LogP contribution in [0.3, 0.4) is 0 Å². The molecule has 2 aromatic rings. The minimum atomic E-state index is -0.580. The summed E-state index contributed by atoms with van der Waals surface area (Å²) in [6, 6.07) is 2.00. The van der Waals surface area contributed by atoms with Gasteiger partial charge < -0.3 is 20.4 Å². The van der Waals surface area contributed by atoms with Crippen molar-refractivity contribution in [3.8, 4) is 23.0 Å². The summed E-state index contributed by atoms with van der Waals surface area (Å²) in [5.41, 5.74) is -0.903. The highest BCUT2D eigenvalue weighted by Gasteiger charge is 2.28. The first kappa shape index (κ1) is 19.4. The van der Waals surface area contributed by atoms with Crippen molar-refractivity contribution in [2.24, 2.45) is 0 Å². The third-order valence-corrected chi connectivity index (χ3v) is 4.75. The Bertz CT molecular complexity index is 757. The summed E-state index contributed by atoms with van der Waals surface area (Å²) in [5.74, 6) is -2.13. The second-order valence-corrected chi connectivity index (χ2v) is 6.99. The molecule has 10 heteroatoms. The van der Waals surface area contributed by atoms with Gasteiger partial charge in [-0.1, -0.05) is 69.6 Å². The van der Waals surface area contributed by atoms with Gasteiger partial charge in [0, 0.05) is 17.7 Å². The van der Waals surface area contributed by atoms with Crippen LogP contribution < -0.4 is 0 Å². The number of hydrogen-bond acceptors (Lipinski definition) is 4. The molecule has 0 saturated heterocycles. The van der Waals surface area contributed by atoms with E-state index in [9.17, 15) is 20.4 Å². The Morgan fingerprint density at radius 1 is 0.667 bits per heavy atom. The third-order valence-electron chi connectivity index (χ3n) is 3.03. The van der Waals surface area contributed by atoms with E-state index in [1.807, 2.05) is 0 Å². The minimum Gasteiger partial charge on any atom is -0.506 e. The van der Waals surface area contributed by atoms with Crippen LogP contribution in [-0.2, 0) is 0 Å². The van der Waals surface area contributed by atoms with E-state index in [4.69, 9.17) is 69.6 Å². The Morgan fingerprint density at radius 2 is 1.00 bits per heavy atom. The largest absolute Gasteiger partial charge is 0.506 e. The van der Waals surface area contributed by atoms with Crippen molar-refractivity contribution in [3.63, 3.8) is 0 Å². The molecule has 0 spiro atoms. The normalized spacial score (nSPS) is 10.8. The predicted molar refractivity (Wildman–Crippen MR) is 97.3 cm³/mol. The summed E-state index contributed by atoms with van der Waals surface area (Å²) in [7, 11) is 0. The van der Waals surface area contributed by atoms with E-state index in [1.54, 1.807) is 0 Å². The van der Waals surface area contributed by atoms with E-state index in [-0.39, 0.29) is 36.8 Å². The lowest BCUT2D eigenvalue weighted by molar-refractivity contribution is 0.456. The van der Waals surface area contributed by atoms with Crippen LogP contribution in [0.15, 0.2) is 16.6 Å². The summed E-state index contributed by atoms with van der Waals surface area (Å²) >= 11 is 35.4. The highest BCUT2D eigenvalue weighted by atomic mass is 35.5. The van der Waals surface area contributed by atoms with Gasteiger partial charge in [0.15, 0.2) is 0 Å². The maximum atomic E-state index is 10.2. The lowest BCUT2D eigenvalue weighted by Gasteiger charge is -2.18. The molecule has 0 aliphatic heterocycles. The molecule has 0 amide bonds. The molecule has 0 radical (unpaired) electrons. The first-order chi connectivity index (χ1) is 11.1. The quantitative estimate of drug-likeness (QED) is 0.404. The van der Waals surface area contributed by atoms with E-state index in [0.29, 0.717) is 0 Å². The Kier molecular flexibility index (Phi) is 5.80. The van der Waals surface area contributed by atoms with Gasteiger partial charge in [-0.3, -0.25) is 0 Å². The van der Waals surface area contributed by atoms with Crippen LogP contribution in [0.1, 0.15) is 11.1 Å². The molecular formula is C14H6Cl6O4. The number of phenols is 4. The molecule has 0 saturated carbocycles. The number of halogens is 6. The summed E-state index contributed by atoms with van der Waals surface area (Å²) < 4.78 is -0.493. The molecule has 0 aliphatic rings. The molecule has 0 aromatic heterocycles. The molecule has 4 nitrogen and oxygen atoms in total. The monoisotopic (exact) mass is 448 g/mol. The van der Waals surface area contributed by atoms with Crippen molar-refractivity contribution < 1.29 is 20.4 Å². The van der Waals surface area contributed by atoms with Crippen LogP contribution in [-0.4, -0.2) is 20.4 Å². The van der Waals surface area contributed by atoms with Crippen LogP contribution in [0.5, 0.6) is 23.0 Å². The minimum absolute atomic E-state index is 0.263. The first-order valence-electron chi connectivity index (χ1n) is 5.93. The van der Waals surface area contributed by atoms with Gasteiger partial charge in [-0.25, -0.2) is 0 Å². The average molecular weight is 451 g/mol. The van der Waals surface area contributed by atoms with E-state index in [1.165, 1.54) is 0 Å². The fourth-order valence-corrected chi connectivity index (χ4v) is 3.23. The van der Waals surface area contributed by atoms with Crippen molar-refractivity contribution >= 4 is 75.2 Å². The number of rotatable bonds is 2. The number of benzene rings is 2. The number of hydrogen-bond donors (Lipinski definition) is 4. The molecule has 2 aromatic carbocycles. The summed E-state index contributed by atoms with van der Waals surface area (Å²) in [6.07, 6.45) is 0. The lowest BCUT2D eigenvalue weighted by atomic mass is 9.96. The van der Waals surface area contributed by atoms with Crippen molar-refractivity contribution in [1.29, 1.82) is 0 Å². The molecule has 128 valence electrons. The van der Waals surface area contributed by atoms with Gasteiger partial charge >= 0.3 is 0 Å². The zero-order valence-electron chi connectivity index (χ0n) is 11.2. The Hall–Kier alpha value is -0.880. The van der Waals surface area contributed by atoms with Gasteiger partial charge in [-0.05, 0) is 0 Å². The highest BCUT2D eigenvalue weighted by Crippen LogP contribution is 2.52. The average Bonchev–Trinajstić information content (AvgIpc) is 2.49. The molecule has 0 atom stereocenters. The Balaban J connectivity index is 3.00. The zero-order chi connectivity index (χ0) is 18.3. The van der Waals surface area contributed by atoms with E-state index in [2.05, 4.69) is 0 Å². The Morgan fingerprint density at radius 3 is 1.29 bits per heavy atom. The lowest BCUT2D eigenvalue weighted by Crippen LogP contribution is -1.95. The highest BCUT2D eigenvalue weighted by molar-refractivity contribution is 6.59. The molecule has 24 heavy (non-hydrogen) atoms. The third kappa shape index (κ3) is 3.27. The maximum absolute atomic E-state index is 10.2. The topological polar surface area (TPSA) is 80.9 Å².